The van der Waals surface area contributed by atoms with Crippen LogP contribution in [0.3, 0.4) is 0 Å². The van der Waals surface area contributed by atoms with Gasteiger partial charge in [0.1, 0.15) is 0 Å². The summed E-state index contributed by atoms with van der Waals surface area (Å²) in [5.41, 5.74) is 2.36. The lowest BCUT2D eigenvalue weighted by atomic mass is 10.0. The van der Waals surface area contributed by atoms with Crippen molar-refractivity contribution in [2.45, 2.75) is 51.6 Å². The summed E-state index contributed by atoms with van der Waals surface area (Å²) in [7, 11) is 0. The predicted octanol–water partition coefficient (Wildman–Crippen LogP) is 2.46. The van der Waals surface area contributed by atoms with Crippen molar-refractivity contribution >= 4 is 5.91 Å². The van der Waals surface area contributed by atoms with Crippen LogP contribution in [-0.2, 0) is 17.6 Å². The number of rotatable bonds is 8. The molecular weight excluding hydrogens is 250 g/mol. The minimum Gasteiger partial charge on any atom is -0.391 e. The van der Waals surface area contributed by atoms with E-state index in [9.17, 15) is 9.90 Å². The molecule has 1 aliphatic rings. The van der Waals surface area contributed by atoms with Gasteiger partial charge in [0.15, 0.2) is 0 Å². The molecule has 0 radical (unpaired) electrons. The van der Waals surface area contributed by atoms with E-state index in [0.29, 0.717) is 18.9 Å². The summed E-state index contributed by atoms with van der Waals surface area (Å²) in [6.45, 7) is 2.58. The quantitative estimate of drug-likeness (QED) is 0.765. The van der Waals surface area contributed by atoms with Crippen LogP contribution in [0.5, 0.6) is 0 Å². The van der Waals surface area contributed by atoms with Crippen molar-refractivity contribution in [3.05, 3.63) is 35.4 Å². The molecule has 1 unspecified atom stereocenters. The Morgan fingerprint density at radius 1 is 1.30 bits per heavy atom. The molecule has 1 aromatic carbocycles. The number of carbonyl (C=O) groups is 1. The van der Waals surface area contributed by atoms with Crippen LogP contribution in [0, 0.1) is 5.92 Å². The monoisotopic (exact) mass is 275 g/mol. The van der Waals surface area contributed by atoms with Crippen LogP contribution in [0.4, 0.5) is 0 Å². The zero-order valence-corrected chi connectivity index (χ0v) is 12.3. The molecule has 0 bridgehead atoms. The lowest BCUT2D eigenvalue weighted by Crippen LogP contribution is -2.34. The predicted molar refractivity (Wildman–Crippen MR) is 80.5 cm³/mol. The summed E-state index contributed by atoms with van der Waals surface area (Å²) < 4.78 is 0. The summed E-state index contributed by atoms with van der Waals surface area (Å²) in [6.07, 6.45) is 5.73. The summed E-state index contributed by atoms with van der Waals surface area (Å²) in [4.78, 5) is 11.8. The van der Waals surface area contributed by atoms with Gasteiger partial charge in [0, 0.05) is 6.54 Å². The maximum atomic E-state index is 11.8. The highest BCUT2D eigenvalue weighted by Crippen LogP contribution is 2.32. The Balaban J connectivity index is 1.72. The largest absolute Gasteiger partial charge is 0.391 e. The first kappa shape index (κ1) is 15.0. The minimum absolute atomic E-state index is 0.00833. The molecule has 110 valence electrons. The van der Waals surface area contributed by atoms with Gasteiger partial charge in [-0.05, 0) is 42.7 Å². The molecule has 1 fully saturated rings. The summed E-state index contributed by atoms with van der Waals surface area (Å²) in [6, 6.07) is 8.28. The Bertz CT molecular complexity index is 423. The van der Waals surface area contributed by atoms with E-state index in [2.05, 4.69) is 24.4 Å². The second-order valence-corrected chi connectivity index (χ2v) is 5.81. The Labute approximate surface area is 121 Å². The first-order chi connectivity index (χ1) is 9.69. The van der Waals surface area contributed by atoms with E-state index in [1.165, 1.54) is 18.4 Å². The van der Waals surface area contributed by atoms with Crippen LogP contribution in [0.2, 0.25) is 0 Å². The third kappa shape index (κ3) is 4.97. The van der Waals surface area contributed by atoms with Crippen molar-refractivity contribution in [3.8, 4) is 0 Å². The number of unbranched alkanes of at least 4 members (excludes halogenated alkanes) is 1. The fourth-order valence-electron chi connectivity index (χ4n) is 2.32. The number of hydrogen-bond acceptors (Lipinski definition) is 2. The molecule has 1 saturated carbocycles. The maximum Gasteiger partial charge on any atom is 0.224 e. The molecule has 2 N–H and O–H groups in total. The van der Waals surface area contributed by atoms with Gasteiger partial charge in [-0.15, -0.1) is 0 Å². The van der Waals surface area contributed by atoms with Crippen molar-refractivity contribution in [3.63, 3.8) is 0 Å². The number of aliphatic hydroxyl groups is 1. The van der Waals surface area contributed by atoms with Gasteiger partial charge in [-0.2, -0.15) is 0 Å². The van der Waals surface area contributed by atoms with Gasteiger partial charge >= 0.3 is 0 Å². The molecule has 2 rings (SSSR count). The second-order valence-electron chi connectivity index (χ2n) is 5.81. The standard InChI is InChI=1S/C17H25NO2/c1-2-3-4-13-5-7-14(8-6-13)11-17(20)18-12-16(19)15-9-10-15/h5-8,15-16,19H,2-4,9-12H2,1H3,(H,18,20). The van der Waals surface area contributed by atoms with Crippen LogP contribution >= 0.6 is 0 Å². The molecule has 0 heterocycles. The number of amides is 1. The number of carbonyl (C=O) groups excluding carboxylic acids is 1. The Hall–Kier alpha value is -1.35. The molecule has 0 aliphatic heterocycles. The molecular formula is C17H25NO2. The van der Waals surface area contributed by atoms with E-state index in [-0.39, 0.29) is 12.0 Å². The van der Waals surface area contributed by atoms with Crippen LogP contribution in [-0.4, -0.2) is 23.7 Å². The Morgan fingerprint density at radius 3 is 2.55 bits per heavy atom. The van der Waals surface area contributed by atoms with E-state index in [4.69, 9.17) is 0 Å². The lowest BCUT2D eigenvalue weighted by Gasteiger charge is -2.10. The molecule has 20 heavy (non-hydrogen) atoms. The topological polar surface area (TPSA) is 49.3 Å². The van der Waals surface area contributed by atoms with Gasteiger partial charge in [0.05, 0.1) is 12.5 Å². The van der Waals surface area contributed by atoms with Gasteiger partial charge in [-0.3, -0.25) is 4.79 Å². The first-order valence-electron chi connectivity index (χ1n) is 7.71. The van der Waals surface area contributed by atoms with Crippen molar-refractivity contribution in [1.82, 2.24) is 5.32 Å². The van der Waals surface area contributed by atoms with E-state index in [0.717, 1.165) is 24.8 Å². The minimum atomic E-state index is -0.365. The van der Waals surface area contributed by atoms with E-state index in [1.54, 1.807) is 0 Å². The number of nitrogens with one attached hydrogen (secondary N) is 1. The average molecular weight is 275 g/mol. The highest BCUT2D eigenvalue weighted by molar-refractivity contribution is 5.78. The van der Waals surface area contributed by atoms with Gasteiger partial charge in [0.25, 0.3) is 0 Å². The number of hydrogen-bond donors (Lipinski definition) is 2. The highest BCUT2D eigenvalue weighted by atomic mass is 16.3. The summed E-state index contributed by atoms with van der Waals surface area (Å²) in [5.74, 6) is 0.402. The average Bonchev–Trinajstić information content (AvgIpc) is 3.28. The number of benzene rings is 1. The molecule has 3 heteroatoms. The second kappa shape index (κ2) is 7.44. The molecule has 1 aromatic rings. The molecule has 0 spiro atoms. The number of aliphatic hydroxyl groups excluding tert-OH is 1. The van der Waals surface area contributed by atoms with E-state index >= 15 is 0 Å². The van der Waals surface area contributed by atoms with Crippen LogP contribution in [0.15, 0.2) is 24.3 Å². The van der Waals surface area contributed by atoms with Crippen molar-refractivity contribution in [2.75, 3.05) is 6.54 Å². The zero-order chi connectivity index (χ0) is 14.4. The fraction of sp³-hybridized carbons (Fsp3) is 0.588. The smallest absolute Gasteiger partial charge is 0.224 e. The zero-order valence-electron chi connectivity index (χ0n) is 12.3. The molecule has 1 atom stereocenters. The molecule has 0 saturated heterocycles. The Kier molecular flexibility index (Phi) is 5.60. The first-order valence-corrected chi connectivity index (χ1v) is 7.71. The number of aryl methyl sites for hydroxylation is 1. The summed E-state index contributed by atoms with van der Waals surface area (Å²) in [5, 5.41) is 12.5. The van der Waals surface area contributed by atoms with Gasteiger partial charge < -0.3 is 10.4 Å². The van der Waals surface area contributed by atoms with Crippen molar-refractivity contribution < 1.29 is 9.90 Å². The molecule has 3 nitrogen and oxygen atoms in total. The molecule has 1 aliphatic carbocycles. The highest BCUT2D eigenvalue weighted by Gasteiger charge is 2.29. The van der Waals surface area contributed by atoms with Crippen molar-refractivity contribution in [1.29, 1.82) is 0 Å². The van der Waals surface area contributed by atoms with Crippen molar-refractivity contribution in [2.24, 2.45) is 5.92 Å². The van der Waals surface area contributed by atoms with Gasteiger partial charge in [0.2, 0.25) is 5.91 Å². The lowest BCUT2D eigenvalue weighted by molar-refractivity contribution is -0.120. The van der Waals surface area contributed by atoms with Crippen LogP contribution < -0.4 is 5.32 Å². The van der Waals surface area contributed by atoms with Crippen LogP contribution in [0.1, 0.15) is 43.7 Å². The SMILES string of the molecule is CCCCc1ccc(CC(=O)NCC(O)C2CC2)cc1. The van der Waals surface area contributed by atoms with Gasteiger partial charge in [-0.1, -0.05) is 37.6 Å². The fourth-order valence-corrected chi connectivity index (χ4v) is 2.32. The van der Waals surface area contributed by atoms with Crippen LogP contribution in [0.25, 0.3) is 0 Å². The summed E-state index contributed by atoms with van der Waals surface area (Å²) >= 11 is 0. The molecule has 1 amide bonds. The molecule has 0 aromatic heterocycles. The van der Waals surface area contributed by atoms with E-state index < -0.39 is 0 Å². The maximum absolute atomic E-state index is 11.8. The normalized spacial score (nSPS) is 15.9. The third-order valence-electron chi connectivity index (χ3n) is 3.88. The van der Waals surface area contributed by atoms with E-state index in [1.807, 2.05) is 12.1 Å². The third-order valence-corrected chi connectivity index (χ3v) is 3.88. The Morgan fingerprint density at radius 2 is 1.95 bits per heavy atom. The van der Waals surface area contributed by atoms with Gasteiger partial charge in [-0.25, -0.2) is 0 Å².